The number of phenols is 1. The number of hydrogen-bond acceptors (Lipinski definition) is 2. The molecule has 0 heterocycles. The topological polar surface area (TPSA) is 29.5 Å². The molecule has 2 heteroatoms. The predicted octanol–water partition coefficient (Wildman–Crippen LogP) is 4.64. The molecule has 1 N–H and O–H groups in total. The summed E-state index contributed by atoms with van der Waals surface area (Å²) in [5.41, 5.74) is 4.82. The Labute approximate surface area is 127 Å². The third-order valence-electron chi connectivity index (χ3n) is 3.68. The molecule has 0 saturated carbocycles. The van der Waals surface area contributed by atoms with Gasteiger partial charge < -0.3 is 9.84 Å². The third-order valence-corrected chi connectivity index (χ3v) is 3.68. The quantitative estimate of drug-likeness (QED) is 0.837. The number of hydrogen-bond donors (Lipinski definition) is 1. The fraction of sp³-hybridized carbons (Fsp3) is 0.368. The first kappa shape index (κ1) is 15.4. The van der Waals surface area contributed by atoms with Crippen LogP contribution in [0, 0.1) is 6.92 Å². The van der Waals surface area contributed by atoms with E-state index in [0.29, 0.717) is 12.4 Å². The molecule has 0 saturated heterocycles. The summed E-state index contributed by atoms with van der Waals surface area (Å²) in [5, 5.41) is 9.87. The molecule has 112 valence electrons. The van der Waals surface area contributed by atoms with E-state index in [1.54, 1.807) is 0 Å². The molecule has 0 aliphatic rings. The smallest absolute Gasteiger partial charge is 0.119 e. The van der Waals surface area contributed by atoms with Crippen molar-refractivity contribution in [2.75, 3.05) is 6.61 Å². The second-order valence-corrected chi connectivity index (χ2v) is 5.41. The maximum absolute atomic E-state index is 9.87. The van der Waals surface area contributed by atoms with Crippen molar-refractivity contribution in [2.24, 2.45) is 0 Å². The van der Waals surface area contributed by atoms with Crippen LogP contribution in [-0.4, -0.2) is 11.7 Å². The fourth-order valence-corrected chi connectivity index (χ4v) is 2.56. The Bertz CT molecular complexity index is 603. The van der Waals surface area contributed by atoms with E-state index >= 15 is 0 Å². The Balaban J connectivity index is 2.19. The number of ether oxygens (including phenoxy) is 1. The SMILES string of the molecule is CCCc1cc(Cc2ccc(OCC)cc2C)ccc1O. The Morgan fingerprint density at radius 3 is 2.48 bits per heavy atom. The largest absolute Gasteiger partial charge is 0.508 e. The van der Waals surface area contributed by atoms with Crippen molar-refractivity contribution in [1.82, 2.24) is 0 Å². The summed E-state index contributed by atoms with van der Waals surface area (Å²) >= 11 is 0. The van der Waals surface area contributed by atoms with E-state index in [1.807, 2.05) is 25.1 Å². The summed E-state index contributed by atoms with van der Waals surface area (Å²) in [6, 6.07) is 12.2. The Hall–Kier alpha value is -1.96. The molecule has 2 rings (SSSR count). The van der Waals surface area contributed by atoms with Gasteiger partial charge in [0.2, 0.25) is 0 Å². The minimum atomic E-state index is 0.406. The molecule has 0 unspecified atom stereocenters. The zero-order chi connectivity index (χ0) is 15.2. The summed E-state index contributed by atoms with van der Waals surface area (Å²) in [7, 11) is 0. The molecule has 0 aliphatic carbocycles. The Kier molecular flexibility index (Phi) is 5.26. The predicted molar refractivity (Wildman–Crippen MR) is 87.3 cm³/mol. The summed E-state index contributed by atoms with van der Waals surface area (Å²) in [6.45, 7) is 6.93. The van der Waals surface area contributed by atoms with E-state index < -0.39 is 0 Å². The van der Waals surface area contributed by atoms with Crippen LogP contribution in [0.3, 0.4) is 0 Å². The average Bonchev–Trinajstić information content (AvgIpc) is 2.46. The van der Waals surface area contributed by atoms with Gasteiger partial charge in [0.1, 0.15) is 11.5 Å². The van der Waals surface area contributed by atoms with Gasteiger partial charge in [0.25, 0.3) is 0 Å². The van der Waals surface area contributed by atoms with Crippen LogP contribution >= 0.6 is 0 Å². The van der Waals surface area contributed by atoms with Crippen LogP contribution < -0.4 is 4.74 Å². The van der Waals surface area contributed by atoms with Gasteiger partial charge >= 0.3 is 0 Å². The van der Waals surface area contributed by atoms with Crippen LogP contribution in [0.15, 0.2) is 36.4 Å². The molecular formula is C19H24O2. The molecule has 21 heavy (non-hydrogen) atoms. The zero-order valence-electron chi connectivity index (χ0n) is 13.1. The number of aromatic hydroxyl groups is 1. The molecule has 0 spiro atoms. The van der Waals surface area contributed by atoms with E-state index in [2.05, 4.69) is 32.0 Å². The van der Waals surface area contributed by atoms with Gasteiger partial charge in [-0.05, 0) is 67.1 Å². The monoisotopic (exact) mass is 284 g/mol. The fourth-order valence-electron chi connectivity index (χ4n) is 2.56. The van der Waals surface area contributed by atoms with Crippen LogP contribution in [0.5, 0.6) is 11.5 Å². The van der Waals surface area contributed by atoms with Crippen LogP contribution in [-0.2, 0) is 12.8 Å². The van der Waals surface area contributed by atoms with Crippen LogP contribution in [0.1, 0.15) is 42.5 Å². The molecule has 0 atom stereocenters. The van der Waals surface area contributed by atoms with Crippen molar-refractivity contribution >= 4 is 0 Å². The maximum Gasteiger partial charge on any atom is 0.119 e. The molecule has 2 aromatic rings. The second kappa shape index (κ2) is 7.16. The second-order valence-electron chi connectivity index (χ2n) is 5.41. The minimum absolute atomic E-state index is 0.406. The highest BCUT2D eigenvalue weighted by Gasteiger charge is 2.06. The lowest BCUT2D eigenvalue weighted by atomic mass is 9.97. The summed E-state index contributed by atoms with van der Waals surface area (Å²) in [4.78, 5) is 0. The first-order valence-electron chi connectivity index (χ1n) is 7.67. The highest BCUT2D eigenvalue weighted by atomic mass is 16.5. The Morgan fingerprint density at radius 1 is 1.00 bits per heavy atom. The first-order chi connectivity index (χ1) is 10.1. The molecule has 0 aromatic heterocycles. The summed E-state index contributed by atoms with van der Waals surface area (Å²) in [6.07, 6.45) is 2.84. The van der Waals surface area contributed by atoms with E-state index in [9.17, 15) is 5.11 Å². The maximum atomic E-state index is 9.87. The highest BCUT2D eigenvalue weighted by molar-refractivity contribution is 5.41. The molecule has 0 amide bonds. The number of rotatable bonds is 6. The lowest BCUT2D eigenvalue weighted by molar-refractivity contribution is 0.340. The lowest BCUT2D eigenvalue weighted by Gasteiger charge is -2.11. The van der Waals surface area contributed by atoms with Crippen molar-refractivity contribution in [1.29, 1.82) is 0 Å². The normalized spacial score (nSPS) is 10.6. The first-order valence-corrected chi connectivity index (χ1v) is 7.67. The van der Waals surface area contributed by atoms with Crippen molar-refractivity contribution in [2.45, 2.75) is 40.0 Å². The molecule has 0 fully saturated rings. The molecule has 2 nitrogen and oxygen atoms in total. The van der Waals surface area contributed by atoms with E-state index in [-0.39, 0.29) is 0 Å². The van der Waals surface area contributed by atoms with Gasteiger partial charge in [0.05, 0.1) is 6.61 Å². The van der Waals surface area contributed by atoms with Gasteiger partial charge in [-0.15, -0.1) is 0 Å². The number of benzene rings is 2. The lowest BCUT2D eigenvalue weighted by Crippen LogP contribution is -1.96. The minimum Gasteiger partial charge on any atom is -0.508 e. The van der Waals surface area contributed by atoms with Gasteiger partial charge in [0.15, 0.2) is 0 Å². The van der Waals surface area contributed by atoms with E-state index in [1.165, 1.54) is 16.7 Å². The summed E-state index contributed by atoms with van der Waals surface area (Å²) in [5.74, 6) is 1.33. The van der Waals surface area contributed by atoms with E-state index in [0.717, 1.165) is 30.6 Å². The van der Waals surface area contributed by atoms with Crippen LogP contribution in [0.25, 0.3) is 0 Å². The molecule has 0 bridgehead atoms. The van der Waals surface area contributed by atoms with Gasteiger partial charge in [-0.25, -0.2) is 0 Å². The molecule has 0 radical (unpaired) electrons. The van der Waals surface area contributed by atoms with Gasteiger partial charge in [-0.2, -0.15) is 0 Å². The standard InChI is InChI=1S/C19H24O2/c1-4-6-17-13-15(7-10-19(17)20)12-16-8-9-18(21-5-2)11-14(16)3/h7-11,13,20H,4-6,12H2,1-3H3. The van der Waals surface area contributed by atoms with Crippen molar-refractivity contribution in [3.63, 3.8) is 0 Å². The molecular weight excluding hydrogens is 260 g/mol. The molecule has 0 aliphatic heterocycles. The van der Waals surface area contributed by atoms with Gasteiger partial charge in [-0.3, -0.25) is 0 Å². The van der Waals surface area contributed by atoms with Crippen LogP contribution in [0.2, 0.25) is 0 Å². The van der Waals surface area contributed by atoms with Crippen molar-refractivity contribution in [3.05, 3.63) is 58.7 Å². The van der Waals surface area contributed by atoms with Crippen molar-refractivity contribution < 1.29 is 9.84 Å². The third kappa shape index (κ3) is 4.01. The van der Waals surface area contributed by atoms with E-state index in [4.69, 9.17) is 4.74 Å². The number of phenolic OH excluding ortho intramolecular Hbond substituents is 1. The van der Waals surface area contributed by atoms with Gasteiger partial charge in [-0.1, -0.05) is 31.5 Å². The van der Waals surface area contributed by atoms with Crippen LogP contribution in [0.4, 0.5) is 0 Å². The summed E-state index contributed by atoms with van der Waals surface area (Å²) < 4.78 is 5.53. The average molecular weight is 284 g/mol. The molecule has 2 aromatic carbocycles. The van der Waals surface area contributed by atoms with Gasteiger partial charge in [0, 0.05) is 0 Å². The zero-order valence-corrected chi connectivity index (χ0v) is 13.1. The highest BCUT2D eigenvalue weighted by Crippen LogP contribution is 2.24. The Morgan fingerprint density at radius 2 is 1.81 bits per heavy atom. The number of aryl methyl sites for hydroxylation is 2. The van der Waals surface area contributed by atoms with Crippen molar-refractivity contribution in [3.8, 4) is 11.5 Å².